The maximum atomic E-state index is 11.0. The average Bonchev–Trinajstić information content (AvgIpc) is 2.57. The quantitative estimate of drug-likeness (QED) is 0.467. The number of allylic oxidation sites excluding steroid dienone is 4. The molecule has 0 aliphatic rings. The van der Waals surface area contributed by atoms with Crippen LogP contribution in [0.15, 0.2) is 73.4 Å². The first-order valence-corrected chi connectivity index (χ1v) is 7.59. The van der Waals surface area contributed by atoms with Crippen LogP contribution in [-0.2, 0) is 9.53 Å². The molecule has 0 fully saturated rings. The van der Waals surface area contributed by atoms with E-state index in [9.17, 15) is 4.79 Å². The summed E-state index contributed by atoms with van der Waals surface area (Å²) in [4.78, 5) is 11.0. The Morgan fingerprint density at radius 1 is 1.22 bits per heavy atom. The van der Waals surface area contributed by atoms with Gasteiger partial charge in [0.25, 0.3) is 0 Å². The molecule has 0 aliphatic carbocycles. The molecule has 1 rings (SSSR count). The van der Waals surface area contributed by atoms with E-state index in [1.165, 1.54) is 5.56 Å². The van der Waals surface area contributed by atoms with Crippen LogP contribution in [-0.4, -0.2) is 19.1 Å². The number of carbonyl (C=O) groups excluding carboxylic acids is 1. The number of benzene rings is 1. The molecule has 0 aromatic heterocycles. The van der Waals surface area contributed by atoms with Crippen molar-refractivity contribution in [1.82, 2.24) is 0 Å². The van der Waals surface area contributed by atoms with Gasteiger partial charge in [-0.1, -0.05) is 87.7 Å². The van der Waals surface area contributed by atoms with Crippen LogP contribution in [0.3, 0.4) is 0 Å². The molecule has 0 saturated heterocycles. The molecule has 3 heteroatoms. The molecule has 124 valence electrons. The summed E-state index contributed by atoms with van der Waals surface area (Å²) >= 11 is 0. The minimum atomic E-state index is -0.342. The molecule has 0 atom stereocenters. The molecule has 1 aromatic carbocycles. The Balaban J connectivity index is 0.000000423. The van der Waals surface area contributed by atoms with Crippen molar-refractivity contribution < 1.29 is 9.53 Å². The van der Waals surface area contributed by atoms with E-state index in [-0.39, 0.29) is 18.5 Å². The molecular weight excluding hydrogens is 286 g/mol. The van der Waals surface area contributed by atoms with E-state index in [0.29, 0.717) is 12.1 Å². The van der Waals surface area contributed by atoms with Gasteiger partial charge in [-0.3, -0.25) is 0 Å². The summed E-state index contributed by atoms with van der Waals surface area (Å²) in [5.41, 5.74) is 6.86. The molecule has 23 heavy (non-hydrogen) atoms. The zero-order chi connectivity index (χ0) is 17.5. The van der Waals surface area contributed by atoms with Crippen molar-refractivity contribution in [2.45, 2.75) is 13.8 Å². The Kier molecular flexibility index (Phi) is 11.9. The van der Waals surface area contributed by atoms with Gasteiger partial charge in [0, 0.05) is 12.1 Å². The molecule has 2 N–H and O–H groups in total. The van der Waals surface area contributed by atoms with Crippen LogP contribution in [0, 0.1) is 5.92 Å². The third-order valence-electron chi connectivity index (χ3n) is 2.76. The Labute approximate surface area is 139 Å². The van der Waals surface area contributed by atoms with Crippen molar-refractivity contribution in [3.63, 3.8) is 0 Å². The summed E-state index contributed by atoms with van der Waals surface area (Å²) in [6.45, 7) is 11.6. The van der Waals surface area contributed by atoms with Crippen LogP contribution in [0.25, 0.3) is 6.08 Å². The first-order valence-electron chi connectivity index (χ1n) is 7.59. The Bertz CT molecular complexity index is 528. The van der Waals surface area contributed by atoms with Crippen LogP contribution < -0.4 is 5.73 Å². The van der Waals surface area contributed by atoms with E-state index >= 15 is 0 Å². The van der Waals surface area contributed by atoms with Crippen LogP contribution in [0.4, 0.5) is 0 Å². The van der Waals surface area contributed by atoms with E-state index in [1.807, 2.05) is 50.3 Å². The Morgan fingerprint density at radius 2 is 1.87 bits per heavy atom. The summed E-state index contributed by atoms with van der Waals surface area (Å²) < 4.78 is 4.75. The summed E-state index contributed by atoms with van der Waals surface area (Å²) in [5.74, 6) is -0.203. The molecule has 1 aromatic rings. The van der Waals surface area contributed by atoms with E-state index in [4.69, 9.17) is 10.5 Å². The zero-order valence-corrected chi connectivity index (χ0v) is 14.1. The van der Waals surface area contributed by atoms with Crippen LogP contribution in [0.1, 0.15) is 19.4 Å². The highest BCUT2D eigenvalue weighted by Gasteiger charge is 2.10. The normalized spacial score (nSPS) is 10.4. The molecule has 0 amide bonds. The number of rotatable bonds is 7. The summed E-state index contributed by atoms with van der Waals surface area (Å²) in [7, 11) is 0. The standard InChI is InChI=1S/C12H12.C8H15NO2/c1-2-3-4-6-9-12-10-7-5-8-11-12;1-6(2)7(3)8(10)11-5-4-9/h2-11H,1H2;6H,3-5,9H2,1-2H3. The van der Waals surface area contributed by atoms with Gasteiger partial charge >= 0.3 is 5.97 Å². The van der Waals surface area contributed by atoms with E-state index in [0.717, 1.165) is 0 Å². The second-order valence-corrected chi connectivity index (χ2v) is 4.99. The molecule has 3 nitrogen and oxygen atoms in total. The smallest absolute Gasteiger partial charge is 0.333 e. The van der Waals surface area contributed by atoms with Crippen molar-refractivity contribution in [3.05, 3.63) is 78.9 Å². The van der Waals surface area contributed by atoms with Gasteiger partial charge in [-0.25, -0.2) is 4.79 Å². The molecule has 0 radical (unpaired) electrons. The van der Waals surface area contributed by atoms with Crippen LogP contribution in [0.2, 0.25) is 0 Å². The number of ether oxygens (including phenoxy) is 1. The fourth-order valence-electron chi connectivity index (χ4n) is 1.35. The molecule has 0 aliphatic heterocycles. The lowest BCUT2D eigenvalue weighted by atomic mass is 10.1. The van der Waals surface area contributed by atoms with Gasteiger partial charge in [0.15, 0.2) is 0 Å². The second-order valence-electron chi connectivity index (χ2n) is 4.99. The second kappa shape index (κ2) is 13.3. The monoisotopic (exact) mass is 313 g/mol. The minimum Gasteiger partial charge on any atom is -0.461 e. The van der Waals surface area contributed by atoms with Crippen molar-refractivity contribution in [3.8, 4) is 0 Å². The maximum absolute atomic E-state index is 11.0. The third-order valence-corrected chi connectivity index (χ3v) is 2.76. The van der Waals surface area contributed by atoms with Gasteiger partial charge in [-0.15, -0.1) is 0 Å². The summed E-state index contributed by atoms with van der Waals surface area (Å²) in [6.07, 6.45) is 9.67. The highest BCUT2D eigenvalue weighted by atomic mass is 16.5. The highest BCUT2D eigenvalue weighted by molar-refractivity contribution is 5.88. The van der Waals surface area contributed by atoms with E-state index in [1.54, 1.807) is 6.08 Å². The lowest BCUT2D eigenvalue weighted by Crippen LogP contribution is -2.16. The molecule has 0 bridgehead atoms. The lowest BCUT2D eigenvalue weighted by molar-refractivity contribution is -0.139. The van der Waals surface area contributed by atoms with Gasteiger partial charge in [0.2, 0.25) is 0 Å². The molecule has 0 unspecified atom stereocenters. The fraction of sp³-hybridized carbons (Fsp3) is 0.250. The molecule has 0 spiro atoms. The van der Waals surface area contributed by atoms with Gasteiger partial charge < -0.3 is 10.5 Å². The highest BCUT2D eigenvalue weighted by Crippen LogP contribution is 2.07. The number of hydrogen-bond acceptors (Lipinski definition) is 3. The zero-order valence-electron chi connectivity index (χ0n) is 14.1. The van der Waals surface area contributed by atoms with Crippen LogP contribution >= 0.6 is 0 Å². The van der Waals surface area contributed by atoms with Crippen molar-refractivity contribution in [1.29, 1.82) is 0 Å². The number of esters is 1. The van der Waals surface area contributed by atoms with E-state index in [2.05, 4.69) is 31.4 Å². The van der Waals surface area contributed by atoms with Gasteiger partial charge in [-0.05, 0) is 11.5 Å². The first-order chi connectivity index (χ1) is 11.0. The molecule has 0 saturated carbocycles. The fourth-order valence-corrected chi connectivity index (χ4v) is 1.35. The average molecular weight is 313 g/mol. The SMILES string of the molecule is C=C(C(=O)OCCN)C(C)C.C=CC=CC=Cc1ccccc1. The third kappa shape index (κ3) is 10.9. The summed E-state index contributed by atoms with van der Waals surface area (Å²) in [6, 6.07) is 10.2. The molecule has 0 heterocycles. The minimum absolute atomic E-state index is 0.139. The largest absolute Gasteiger partial charge is 0.461 e. The number of carbonyl (C=O) groups is 1. The van der Waals surface area contributed by atoms with Gasteiger partial charge in [-0.2, -0.15) is 0 Å². The van der Waals surface area contributed by atoms with E-state index < -0.39 is 0 Å². The van der Waals surface area contributed by atoms with Crippen molar-refractivity contribution in [2.24, 2.45) is 11.7 Å². The van der Waals surface area contributed by atoms with Gasteiger partial charge in [0.05, 0.1) is 0 Å². The van der Waals surface area contributed by atoms with Gasteiger partial charge in [0.1, 0.15) is 6.61 Å². The van der Waals surface area contributed by atoms with Crippen LogP contribution in [0.5, 0.6) is 0 Å². The summed E-state index contributed by atoms with van der Waals surface area (Å²) in [5, 5.41) is 0. The number of hydrogen-bond donors (Lipinski definition) is 1. The maximum Gasteiger partial charge on any atom is 0.333 e. The predicted molar refractivity (Wildman–Crippen MR) is 98.8 cm³/mol. The van der Waals surface area contributed by atoms with Crippen molar-refractivity contribution in [2.75, 3.05) is 13.2 Å². The molecular formula is C20H27NO2. The predicted octanol–water partition coefficient (Wildman–Crippen LogP) is 4.14. The first kappa shape index (κ1) is 20.6. The van der Waals surface area contributed by atoms with Crippen molar-refractivity contribution >= 4 is 12.0 Å². The Morgan fingerprint density at radius 3 is 2.39 bits per heavy atom. The topological polar surface area (TPSA) is 52.3 Å². The lowest BCUT2D eigenvalue weighted by Gasteiger charge is -2.07. The Hall–Kier alpha value is -2.39. The number of nitrogens with two attached hydrogens (primary N) is 1.